The van der Waals surface area contributed by atoms with Crippen molar-refractivity contribution in [3.8, 4) is 6.07 Å². The van der Waals surface area contributed by atoms with Crippen molar-refractivity contribution in [2.45, 2.75) is 46.2 Å². The lowest BCUT2D eigenvalue weighted by atomic mass is 9.86. The van der Waals surface area contributed by atoms with Crippen molar-refractivity contribution >= 4 is 39.2 Å². The molecule has 156 valence electrons. The second kappa shape index (κ2) is 9.00. The molecule has 1 aromatic carbocycles. The number of unbranched alkanes of at least 4 members (excludes halogenated alkanes) is 1. The Morgan fingerprint density at radius 3 is 2.73 bits per heavy atom. The third-order valence-corrected chi connectivity index (χ3v) is 5.13. The number of carbonyl (C=O) groups is 2. The molecule has 0 aliphatic carbocycles. The summed E-state index contributed by atoms with van der Waals surface area (Å²) >= 11 is 1.20. The lowest BCUT2D eigenvalue weighted by Crippen LogP contribution is -2.51. The van der Waals surface area contributed by atoms with Crippen molar-refractivity contribution in [2.24, 2.45) is 5.41 Å². The Hall–Kier alpha value is -3.32. The molecule has 2 heterocycles. The number of hydrogen-bond donors (Lipinski definition) is 2. The number of anilines is 1. The van der Waals surface area contributed by atoms with E-state index in [0.29, 0.717) is 29.9 Å². The van der Waals surface area contributed by atoms with Crippen LogP contribution in [-0.4, -0.2) is 37.8 Å². The topological polar surface area (TPSA) is 126 Å². The molecule has 1 unspecified atom stereocenters. The van der Waals surface area contributed by atoms with Crippen molar-refractivity contribution in [2.75, 3.05) is 5.32 Å². The zero-order valence-electron chi connectivity index (χ0n) is 17.0. The van der Waals surface area contributed by atoms with Crippen LogP contribution in [0.1, 0.15) is 44.1 Å². The molecule has 9 nitrogen and oxygen atoms in total. The smallest absolute Gasteiger partial charge is 0.273 e. The summed E-state index contributed by atoms with van der Waals surface area (Å²) in [7, 11) is 0. The van der Waals surface area contributed by atoms with Gasteiger partial charge in [-0.05, 0) is 17.9 Å². The summed E-state index contributed by atoms with van der Waals surface area (Å²) in [6.07, 6.45) is 1.05. The molecule has 10 heteroatoms. The second-order valence-electron chi connectivity index (χ2n) is 7.86. The Morgan fingerprint density at radius 2 is 2.07 bits per heavy atom. The minimum absolute atomic E-state index is 0.250. The van der Waals surface area contributed by atoms with Gasteiger partial charge >= 0.3 is 0 Å². The van der Waals surface area contributed by atoms with Crippen LogP contribution in [0.15, 0.2) is 29.8 Å². The summed E-state index contributed by atoms with van der Waals surface area (Å²) in [5, 5.41) is 27.4. The highest BCUT2D eigenvalue weighted by atomic mass is 32.1. The van der Waals surface area contributed by atoms with E-state index in [2.05, 4.69) is 32.0 Å². The molecule has 0 saturated heterocycles. The van der Waals surface area contributed by atoms with Crippen LogP contribution in [0.5, 0.6) is 0 Å². The fourth-order valence-electron chi connectivity index (χ4n) is 3.05. The van der Waals surface area contributed by atoms with Crippen LogP contribution < -0.4 is 10.6 Å². The molecule has 0 fully saturated rings. The number of hydrogen-bond acceptors (Lipinski definition) is 7. The molecule has 2 amide bonds. The van der Waals surface area contributed by atoms with Crippen molar-refractivity contribution in [3.05, 3.63) is 35.5 Å². The van der Waals surface area contributed by atoms with Gasteiger partial charge in [-0.1, -0.05) is 50.3 Å². The highest BCUT2D eigenvalue weighted by Gasteiger charge is 2.34. The lowest BCUT2D eigenvalue weighted by Gasteiger charge is -2.29. The molecule has 0 radical (unpaired) electrons. The van der Waals surface area contributed by atoms with Crippen molar-refractivity contribution < 1.29 is 9.59 Å². The quantitative estimate of drug-likeness (QED) is 0.561. The zero-order valence-corrected chi connectivity index (χ0v) is 17.9. The van der Waals surface area contributed by atoms with E-state index in [4.69, 9.17) is 5.26 Å². The number of carbonyl (C=O) groups excluding carboxylic acids is 2. The van der Waals surface area contributed by atoms with E-state index in [1.54, 1.807) is 4.68 Å². The van der Waals surface area contributed by atoms with E-state index in [9.17, 15) is 9.59 Å². The van der Waals surface area contributed by atoms with Gasteiger partial charge in [0.1, 0.15) is 11.6 Å². The largest absolute Gasteiger partial charge is 0.338 e. The average molecular weight is 426 g/mol. The maximum absolute atomic E-state index is 13.1. The highest BCUT2D eigenvalue weighted by Crippen LogP contribution is 2.24. The summed E-state index contributed by atoms with van der Waals surface area (Å²) < 4.78 is 1.73. The molecule has 1 atom stereocenters. The minimum atomic E-state index is -0.809. The van der Waals surface area contributed by atoms with E-state index in [1.807, 2.05) is 45.0 Å². The highest BCUT2D eigenvalue weighted by molar-refractivity contribution is 7.13. The molecule has 2 N–H and O–H groups in total. The van der Waals surface area contributed by atoms with Crippen LogP contribution in [0.3, 0.4) is 0 Å². The van der Waals surface area contributed by atoms with E-state index >= 15 is 0 Å². The van der Waals surface area contributed by atoms with Gasteiger partial charge in [0, 0.05) is 18.4 Å². The predicted molar refractivity (Wildman–Crippen MR) is 114 cm³/mol. The van der Waals surface area contributed by atoms with Gasteiger partial charge in [0.15, 0.2) is 5.69 Å². The van der Waals surface area contributed by atoms with Crippen LogP contribution in [-0.2, 0) is 11.3 Å². The number of fused-ring (bicyclic) bond motifs is 1. The Bertz CT molecular complexity index is 1080. The van der Waals surface area contributed by atoms with Gasteiger partial charge in [-0.2, -0.15) is 10.4 Å². The first-order valence-corrected chi connectivity index (χ1v) is 10.4. The normalized spacial score (nSPS) is 12.3. The monoisotopic (exact) mass is 425 g/mol. The standard InChI is InChI=1S/C20H23N7O2S/c1-20(2,3)16(18(29)24-19-25-22-12-30-19)23-17(28)15-13-8-4-5-9-14(13)27(26-15)11-7-6-10-21/h4-5,8-9,12,16H,6-7,11H2,1-3H3,(H,23,28)(H,24,25,29). The van der Waals surface area contributed by atoms with Crippen molar-refractivity contribution in [3.63, 3.8) is 0 Å². The molecule has 0 bridgehead atoms. The summed E-state index contributed by atoms with van der Waals surface area (Å²) in [6.45, 7) is 6.14. The summed E-state index contributed by atoms with van der Waals surface area (Å²) in [5.41, 5.74) is 2.03. The van der Waals surface area contributed by atoms with Gasteiger partial charge in [-0.3, -0.25) is 19.6 Å². The Labute approximate surface area is 178 Å². The second-order valence-corrected chi connectivity index (χ2v) is 8.69. The van der Waals surface area contributed by atoms with Crippen molar-refractivity contribution in [1.82, 2.24) is 25.3 Å². The van der Waals surface area contributed by atoms with E-state index < -0.39 is 17.4 Å². The van der Waals surface area contributed by atoms with E-state index in [0.717, 1.165) is 5.52 Å². The molecule has 3 aromatic rings. The molecule has 2 aromatic heterocycles. The van der Waals surface area contributed by atoms with Crippen LogP contribution in [0.2, 0.25) is 0 Å². The predicted octanol–water partition coefficient (Wildman–Crippen LogP) is 2.97. The SMILES string of the molecule is CC(C)(C)C(NC(=O)c1nn(CCCC#N)c2ccccc12)C(=O)Nc1nncs1. The third kappa shape index (κ3) is 4.80. The maximum Gasteiger partial charge on any atom is 0.273 e. The Kier molecular flexibility index (Phi) is 6.42. The zero-order chi connectivity index (χ0) is 21.7. The number of amides is 2. The number of benzene rings is 1. The molecular weight excluding hydrogens is 402 g/mol. The van der Waals surface area contributed by atoms with Gasteiger partial charge in [0.25, 0.3) is 5.91 Å². The van der Waals surface area contributed by atoms with E-state index in [1.165, 1.54) is 16.8 Å². The first-order chi connectivity index (χ1) is 14.3. The molecule has 3 rings (SSSR count). The first-order valence-electron chi connectivity index (χ1n) is 9.51. The minimum Gasteiger partial charge on any atom is -0.338 e. The Balaban J connectivity index is 1.86. The van der Waals surface area contributed by atoms with Gasteiger partial charge in [-0.25, -0.2) is 0 Å². The molecule has 30 heavy (non-hydrogen) atoms. The number of para-hydroxylation sites is 1. The van der Waals surface area contributed by atoms with Gasteiger partial charge in [0.05, 0.1) is 11.6 Å². The first kappa shape index (κ1) is 21.4. The fourth-order valence-corrected chi connectivity index (χ4v) is 3.50. The molecular formula is C20H23N7O2S. The van der Waals surface area contributed by atoms with Crippen LogP contribution in [0, 0.1) is 16.7 Å². The van der Waals surface area contributed by atoms with Gasteiger partial charge < -0.3 is 5.32 Å². The third-order valence-electron chi connectivity index (χ3n) is 4.53. The summed E-state index contributed by atoms with van der Waals surface area (Å²) in [4.78, 5) is 25.9. The number of nitrogens with one attached hydrogen (secondary N) is 2. The molecule has 0 aliphatic heterocycles. The van der Waals surface area contributed by atoms with Gasteiger partial charge in [-0.15, -0.1) is 10.2 Å². The van der Waals surface area contributed by atoms with Crippen LogP contribution in [0.25, 0.3) is 10.9 Å². The van der Waals surface area contributed by atoms with Crippen LogP contribution in [0.4, 0.5) is 5.13 Å². The number of rotatable bonds is 7. The molecule has 0 saturated carbocycles. The summed E-state index contributed by atoms with van der Waals surface area (Å²) in [5.74, 6) is -0.803. The number of nitriles is 1. The average Bonchev–Trinajstić information content (AvgIpc) is 3.33. The van der Waals surface area contributed by atoms with E-state index in [-0.39, 0.29) is 11.6 Å². The molecule has 0 aliphatic rings. The fraction of sp³-hybridized carbons (Fsp3) is 0.400. The van der Waals surface area contributed by atoms with Gasteiger partial charge in [0.2, 0.25) is 11.0 Å². The van der Waals surface area contributed by atoms with Crippen LogP contribution >= 0.6 is 11.3 Å². The Morgan fingerprint density at radius 1 is 1.30 bits per heavy atom. The number of aryl methyl sites for hydroxylation is 1. The number of aromatic nitrogens is 4. The maximum atomic E-state index is 13.1. The van der Waals surface area contributed by atoms with Crippen molar-refractivity contribution in [1.29, 1.82) is 5.26 Å². The molecule has 0 spiro atoms. The lowest BCUT2D eigenvalue weighted by molar-refractivity contribution is -0.120. The summed E-state index contributed by atoms with van der Waals surface area (Å²) in [6, 6.07) is 8.73. The number of nitrogens with zero attached hydrogens (tertiary/aromatic N) is 5.